The molecule has 0 saturated heterocycles. The normalized spacial score (nSPS) is 10.2. The van der Waals surface area contributed by atoms with Gasteiger partial charge in [-0.05, 0) is 42.8 Å². The Kier molecular flexibility index (Phi) is 4.70. The first-order valence-electron chi connectivity index (χ1n) is 6.58. The molecule has 0 atom stereocenters. The number of benzene rings is 2. The van der Waals surface area contributed by atoms with E-state index in [0.29, 0.717) is 17.3 Å². The molecule has 0 saturated carbocycles. The zero-order valence-corrected chi connectivity index (χ0v) is 12.8. The Morgan fingerprint density at radius 3 is 2.57 bits per heavy atom. The van der Waals surface area contributed by atoms with Gasteiger partial charge >= 0.3 is 6.03 Å². The average Bonchev–Trinajstić information content (AvgIpc) is 2.45. The van der Waals surface area contributed by atoms with Gasteiger partial charge in [-0.3, -0.25) is 0 Å². The first-order chi connectivity index (χ1) is 9.95. The van der Waals surface area contributed by atoms with Gasteiger partial charge in [0.15, 0.2) is 0 Å². The highest BCUT2D eigenvalue weighted by Crippen LogP contribution is 2.20. The number of hydrogen-bond donors (Lipinski definition) is 2. The van der Waals surface area contributed by atoms with Crippen LogP contribution < -0.4 is 11.1 Å². The van der Waals surface area contributed by atoms with Crippen molar-refractivity contribution in [1.82, 2.24) is 4.90 Å². The minimum atomic E-state index is -0.197. The molecule has 2 rings (SSSR count). The highest BCUT2D eigenvalue weighted by molar-refractivity contribution is 6.31. The minimum absolute atomic E-state index is 0.197. The molecule has 5 heteroatoms. The smallest absolute Gasteiger partial charge is 0.321 e. The topological polar surface area (TPSA) is 58.4 Å². The van der Waals surface area contributed by atoms with Gasteiger partial charge in [0, 0.05) is 30.0 Å². The lowest BCUT2D eigenvalue weighted by Crippen LogP contribution is -2.30. The van der Waals surface area contributed by atoms with E-state index in [9.17, 15) is 4.79 Å². The van der Waals surface area contributed by atoms with Crippen LogP contribution in [-0.2, 0) is 6.54 Å². The molecule has 2 amide bonds. The maximum absolute atomic E-state index is 12.1. The fourth-order valence-electron chi connectivity index (χ4n) is 1.90. The fourth-order valence-corrected chi connectivity index (χ4v) is 2.08. The SMILES string of the molecule is Cc1ccc(NC(=O)N(C)Cc2cc(N)ccc2Cl)cc1. The predicted octanol–water partition coefficient (Wildman–Crippen LogP) is 3.89. The van der Waals surface area contributed by atoms with Crippen molar-refractivity contribution in [2.45, 2.75) is 13.5 Å². The predicted molar refractivity (Wildman–Crippen MR) is 87.5 cm³/mol. The number of amides is 2. The quantitative estimate of drug-likeness (QED) is 0.845. The van der Waals surface area contributed by atoms with Crippen molar-refractivity contribution in [3.05, 3.63) is 58.6 Å². The van der Waals surface area contributed by atoms with Crippen LogP contribution in [0.1, 0.15) is 11.1 Å². The molecule has 0 heterocycles. The minimum Gasteiger partial charge on any atom is -0.399 e. The summed E-state index contributed by atoms with van der Waals surface area (Å²) in [5.74, 6) is 0. The highest BCUT2D eigenvalue weighted by Gasteiger charge is 2.11. The Labute approximate surface area is 129 Å². The Balaban J connectivity index is 2.02. The van der Waals surface area contributed by atoms with Crippen LogP contribution in [0.2, 0.25) is 5.02 Å². The Morgan fingerprint density at radius 1 is 1.24 bits per heavy atom. The van der Waals surface area contributed by atoms with Gasteiger partial charge in [0.25, 0.3) is 0 Å². The third-order valence-electron chi connectivity index (χ3n) is 3.13. The van der Waals surface area contributed by atoms with E-state index in [1.54, 1.807) is 30.1 Å². The molecule has 0 bridgehead atoms. The Bertz CT molecular complexity index is 640. The van der Waals surface area contributed by atoms with Crippen LogP contribution in [0.25, 0.3) is 0 Å². The largest absolute Gasteiger partial charge is 0.399 e. The van der Waals surface area contributed by atoms with Crippen molar-refractivity contribution in [2.24, 2.45) is 0 Å². The van der Waals surface area contributed by atoms with Gasteiger partial charge in [-0.1, -0.05) is 29.3 Å². The highest BCUT2D eigenvalue weighted by atomic mass is 35.5. The number of aryl methyl sites for hydroxylation is 1. The first-order valence-corrected chi connectivity index (χ1v) is 6.96. The number of rotatable bonds is 3. The fraction of sp³-hybridized carbons (Fsp3) is 0.188. The van der Waals surface area contributed by atoms with Crippen molar-refractivity contribution < 1.29 is 4.79 Å². The summed E-state index contributed by atoms with van der Waals surface area (Å²) in [6.07, 6.45) is 0. The molecular weight excluding hydrogens is 286 g/mol. The summed E-state index contributed by atoms with van der Waals surface area (Å²) in [5.41, 5.74) is 9.09. The maximum atomic E-state index is 12.1. The summed E-state index contributed by atoms with van der Waals surface area (Å²) in [6, 6.07) is 12.7. The monoisotopic (exact) mass is 303 g/mol. The molecule has 21 heavy (non-hydrogen) atoms. The Morgan fingerprint density at radius 2 is 1.90 bits per heavy atom. The van der Waals surface area contributed by atoms with E-state index >= 15 is 0 Å². The van der Waals surface area contributed by atoms with Gasteiger partial charge in [0.2, 0.25) is 0 Å². The summed E-state index contributed by atoms with van der Waals surface area (Å²) in [4.78, 5) is 13.7. The molecule has 110 valence electrons. The van der Waals surface area contributed by atoms with Gasteiger partial charge in [-0.25, -0.2) is 4.79 Å². The number of nitrogens with one attached hydrogen (secondary N) is 1. The van der Waals surface area contributed by atoms with Crippen molar-refractivity contribution in [2.75, 3.05) is 18.1 Å². The summed E-state index contributed by atoms with van der Waals surface area (Å²) in [7, 11) is 1.71. The first kappa shape index (κ1) is 15.2. The van der Waals surface area contributed by atoms with E-state index in [1.165, 1.54) is 0 Å². The molecule has 2 aromatic carbocycles. The zero-order valence-electron chi connectivity index (χ0n) is 12.1. The molecule has 2 aromatic rings. The van der Waals surface area contributed by atoms with Crippen molar-refractivity contribution >= 4 is 29.0 Å². The summed E-state index contributed by atoms with van der Waals surface area (Å²) >= 11 is 6.11. The molecule has 0 aliphatic rings. The summed E-state index contributed by atoms with van der Waals surface area (Å²) in [5, 5.41) is 3.43. The third-order valence-corrected chi connectivity index (χ3v) is 3.50. The third kappa shape index (κ3) is 4.13. The van der Waals surface area contributed by atoms with Crippen LogP contribution >= 0.6 is 11.6 Å². The van der Waals surface area contributed by atoms with Crippen molar-refractivity contribution in [1.29, 1.82) is 0 Å². The molecular formula is C16H18ClN3O. The van der Waals surface area contributed by atoms with Crippen LogP contribution in [0.5, 0.6) is 0 Å². The lowest BCUT2D eigenvalue weighted by Gasteiger charge is -2.19. The van der Waals surface area contributed by atoms with E-state index in [0.717, 1.165) is 16.8 Å². The molecule has 3 N–H and O–H groups in total. The number of urea groups is 1. The molecule has 0 radical (unpaired) electrons. The second-order valence-electron chi connectivity index (χ2n) is 5.00. The molecule has 0 aliphatic heterocycles. The maximum Gasteiger partial charge on any atom is 0.321 e. The molecule has 0 spiro atoms. The number of anilines is 2. The number of nitrogen functional groups attached to an aromatic ring is 1. The standard InChI is InChI=1S/C16H18ClN3O/c1-11-3-6-14(7-4-11)19-16(21)20(2)10-12-9-13(18)5-8-15(12)17/h3-9H,10,18H2,1-2H3,(H,19,21). The van der Waals surface area contributed by atoms with E-state index in [2.05, 4.69) is 5.32 Å². The zero-order chi connectivity index (χ0) is 15.4. The molecule has 0 fully saturated rings. The van der Waals surface area contributed by atoms with Crippen LogP contribution in [-0.4, -0.2) is 18.0 Å². The van der Waals surface area contributed by atoms with E-state index in [-0.39, 0.29) is 6.03 Å². The lowest BCUT2D eigenvalue weighted by atomic mass is 10.2. The van der Waals surface area contributed by atoms with E-state index < -0.39 is 0 Å². The van der Waals surface area contributed by atoms with Crippen LogP contribution in [0, 0.1) is 6.92 Å². The second kappa shape index (κ2) is 6.50. The number of carbonyl (C=O) groups excluding carboxylic acids is 1. The van der Waals surface area contributed by atoms with Gasteiger partial charge in [0.05, 0.1) is 0 Å². The summed E-state index contributed by atoms with van der Waals surface area (Å²) in [6.45, 7) is 2.39. The molecule has 0 aliphatic carbocycles. The molecule has 0 aromatic heterocycles. The second-order valence-corrected chi connectivity index (χ2v) is 5.41. The van der Waals surface area contributed by atoms with Crippen LogP contribution in [0.3, 0.4) is 0 Å². The molecule has 4 nitrogen and oxygen atoms in total. The van der Waals surface area contributed by atoms with Gasteiger partial charge < -0.3 is 16.0 Å². The van der Waals surface area contributed by atoms with Gasteiger partial charge in [-0.15, -0.1) is 0 Å². The number of nitrogens with zero attached hydrogens (tertiary/aromatic N) is 1. The Hall–Kier alpha value is -2.20. The van der Waals surface area contributed by atoms with Crippen LogP contribution in [0.15, 0.2) is 42.5 Å². The number of nitrogens with two attached hydrogens (primary N) is 1. The average molecular weight is 304 g/mol. The number of hydrogen-bond acceptors (Lipinski definition) is 2. The van der Waals surface area contributed by atoms with Crippen molar-refractivity contribution in [3.8, 4) is 0 Å². The number of halogens is 1. The van der Waals surface area contributed by atoms with Crippen molar-refractivity contribution in [3.63, 3.8) is 0 Å². The summed E-state index contributed by atoms with van der Waals surface area (Å²) < 4.78 is 0. The van der Waals surface area contributed by atoms with E-state index in [1.807, 2.05) is 31.2 Å². The molecule has 0 unspecified atom stereocenters. The lowest BCUT2D eigenvalue weighted by molar-refractivity contribution is 0.220. The van der Waals surface area contributed by atoms with E-state index in [4.69, 9.17) is 17.3 Å². The van der Waals surface area contributed by atoms with Gasteiger partial charge in [0.1, 0.15) is 0 Å². The number of carbonyl (C=O) groups is 1. The van der Waals surface area contributed by atoms with Crippen LogP contribution in [0.4, 0.5) is 16.2 Å². The van der Waals surface area contributed by atoms with Gasteiger partial charge in [-0.2, -0.15) is 0 Å².